The fraction of sp³-hybridized carbons (Fsp3) is 0.221. The number of hydrogen-bond donors (Lipinski definition) is 10. The summed E-state index contributed by atoms with van der Waals surface area (Å²) in [5.41, 5.74) is 30.5. The highest BCUT2D eigenvalue weighted by Crippen LogP contribution is 2.51. The van der Waals surface area contributed by atoms with E-state index in [0.717, 1.165) is 101 Å². The highest BCUT2D eigenvalue weighted by Gasteiger charge is 2.33. The van der Waals surface area contributed by atoms with Crippen molar-refractivity contribution >= 4 is 245 Å². The first-order valence-electron chi connectivity index (χ1n) is 45.0. The first kappa shape index (κ1) is 102. The van der Waals surface area contributed by atoms with Crippen molar-refractivity contribution in [2.24, 2.45) is 4.99 Å². The summed E-state index contributed by atoms with van der Waals surface area (Å²) < 4.78 is 33.2. The number of H-pyrrole nitrogens is 1. The Kier molecular flexibility index (Phi) is 32.6. The molecule has 143 heavy (non-hydrogen) atoms. The van der Waals surface area contributed by atoms with Crippen molar-refractivity contribution in [1.29, 1.82) is 0 Å². The molecule has 5 aliphatic carbocycles. The second-order valence-electron chi connectivity index (χ2n) is 33.9. The summed E-state index contributed by atoms with van der Waals surface area (Å²) in [6.45, 7) is 0. The molecular formula is C104H93BrCl4N16O14S4. The number of nitrogens with one attached hydrogen (secondary N) is 4. The second-order valence-corrected chi connectivity index (χ2v) is 38.6. The van der Waals surface area contributed by atoms with E-state index in [9.17, 15) is 28.8 Å². The number of benzene rings is 13. The third kappa shape index (κ3) is 24.2. The number of aromatic carboxylic acids is 3. The van der Waals surface area contributed by atoms with Gasteiger partial charge in [-0.1, -0.05) is 119 Å². The standard InChI is InChI=1S/C25H20BrClN4O4S.C25H22ClN5O4S.C16H16N4OS.C15H13NOS.C14H15NO.C9H7Cl2NO3/c1-35-15-5-6-17-16(13-2-3-13)7-9-21(18(17)11-15)31-24(26)29-30-25(31)36-12-22(32)28-20-8-4-14(23(33)34)10-19(20)27;1-35-15-5-6-17-16(13-2-3-13)7-9-21(18(17)11-15)31-24(27)29-30-25(31)36-12-22(32)28-20-8-4-14(23(33)34)10-19(20)26;1-21-10-4-5-12-11(9-2-3-9)6-7-14(13(12)8-10)20-15(17)18-19-16(20)22;1-17-11-4-5-13-12(10-2-3-10)6-7-15(16-9-18)14(13)8-11;1-16-10-4-5-12-11(9-2-3-9)6-7-14(15)13(12)8-10;10-4-8(13)12-7-2-1-5(9(14)15)3-6(7)11/h4-11,13H,2-3,12H2,1H3,(H,28,32)(H,33,34);4-11,13H,2-3,12H2,1H3,(H2,27,29)(H,28,32)(H,33,34);4-9H,2-3H2,1H3,(H2,17,18)(H,19,22);4-8,10H,2-3H2,1H3;4-9H,2-3,15H2,1H3;1-3H,4H2,(H,12,13)(H,14,15). The fourth-order valence-corrected chi connectivity index (χ4v) is 19.7. The van der Waals surface area contributed by atoms with Crippen LogP contribution in [-0.4, -0.2) is 153 Å². The van der Waals surface area contributed by atoms with Crippen LogP contribution in [0.2, 0.25) is 15.1 Å². The Morgan fingerprint density at radius 3 is 1.10 bits per heavy atom. The monoisotopic (exact) mass is 2140 g/mol. The lowest BCUT2D eigenvalue weighted by Gasteiger charge is -2.15. The molecule has 0 aliphatic heterocycles. The number of carbonyl (C=O) groups excluding carboxylic acids is 3. The van der Waals surface area contributed by atoms with Gasteiger partial charge in [0.2, 0.25) is 39.1 Å². The van der Waals surface area contributed by atoms with Gasteiger partial charge >= 0.3 is 17.9 Å². The average Bonchev–Trinajstić information content (AvgIpc) is 1.44. The zero-order valence-electron chi connectivity index (χ0n) is 77.3. The van der Waals surface area contributed by atoms with Crippen molar-refractivity contribution in [1.82, 2.24) is 44.3 Å². The Labute approximate surface area is 866 Å². The lowest BCUT2D eigenvalue weighted by atomic mass is 9.99. The fourth-order valence-electron chi connectivity index (χ4n) is 16.6. The number of aliphatic imine (C=N–C) groups is 1. The van der Waals surface area contributed by atoms with Gasteiger partial charge in [0.1, 0.15) is 34.6 Å². The molecular weight excluding hydrogens is 2050 g/mol. The van der Waals surface area contributed by atoms with Gasteiger partial charge in [0, 0.05) is 32.6 Å². The number of halogens is 5. The number of aromatic nitrogens is 9. The third-order valence-corrected chi connectivity index (χ3v) is 28.3. The Morgan fingerprint density at radius 2 is 0.748 bits per heavy atom. The van der Waals surface area contributed by atoms with Crippen LogP contribution in [0.5, 0.6) is 28.7 Å². The molecule has 0 radical (unpaired) electrons. The third-order valence-electron chi connectivity index (χ3n) is 24.4. The maximum absolute atomic E-state index is 12.6. The average molecular weight is 2140 g/mol. The summed E-state index contributed by atoms with van der Waals surface area (Å²) in [7, 11) is 8.29. The molecule has 39 heteroatoms. The predicted octanol–water partition coefficient (Wildman–Crippen LogP) is 24.7. The lowest BCUT2D eigenvalue weighted by Crippen LogP contribution is -2.15. The summed E-state index contributed by atoms with van der Waals surface area (Å²) in [6, 6.07) is 63.7. The van der Waals surface area contributed by atoms with Crippen LogP contribution in [0.3, 0.4) is 0 Å². The number of alkyl halides is 1. The maximum Gasteiger partial charge on any atom is 0.335 e. The Bertz CT molecular complexity index is 7550. The van der Waals surface area contributed by atoms with Crippen LogP contribution < -0.4 is 56.8 Å². The minimum Gasteiger partial charge on any atom is -0.497 e. The first-order chi connectivity index (χ1) is 69.0. The SMILES string of the molecule is COc1ccc2c(C3CC3)ccc(-n3c(Br)nnc3SCC(=O)Nc3ccc(C(=O)O)cc3Cl)c2c1.COc1ccc2c(C3CC3)ccc(-n3c(N)n[nH]c3=S)c2c1.COc1ccc2c(C3CC3)ccc(-n3c(N)nnc3SCC(=O)Nc3ccc(C(=O)O)cc3Cl)c2c1.COc1ccc2c(C3CC3)ccc(N)c2c1.COc1ccc2c(C3CC3)ccc(N=C=S)c2c1.O=C(CCl)Nc1ccc(C(=O)O)cc1Cl. The number of nitrogens with two attached hydrogens (primary N) is 3. The van der Waals surface area contributed by atoms with Gasteiger partial charge in [-0.3, -0.25) is 28.1 Å². The quantitative estimate of drug-likeness (QED) is 0.00751. The van der Waals surface area contributed by atoms with E-state index in [0.29, 0.717) is 66.5 Å². The molecule has 0 atom stereocenters. The number of thioether (sulfide) groups is 2. The van der Waals surface area contributed by atoms with Gasteiger partial charge in [-0.05, 0) is 335 Å². The summed E-state index contributed by atoms with van der Waals surface area (Å²) in [5, 5.41) is 73.3. The number of anilines is 6. The van der Waals surface area contributed by atoms with Gasteiger partial charge in [0.15, 0.2) is 10.3 Å². The lowest BCUT2D eigenvalue weighted by molar-refractivity contribution is -0.114. The van der Waals surface area contributed by atoms with Crippen LogP contribution in [-0.2, 0) is 14.4 Å². The number of hydrogen-bond acceptors (Lipinski definition) is 24. The largest absolute Gasteiger partial charge is 0.497 e. The highest BCUT2D eigenvalue weighted by atomic mass is 79.9. The van der Waals surface area contributed by atoms with E-state index in [1.807, 2.05) is 83.4 Å². The molecule has 5 saturated carbocycles. The second kappa shape index (κ2) is 45.6. The Balaban J connectivity index is 0.000000128. The van der Waals surface area contributed by atoms with Crippen LogP contribution in [0.4, 0.5) is 40.3 Å². The van der Waals surface area contributed by atoms with Crippen LogP contribution in [0.1, 0.15) is 153 Å². The summed E-state index contributed by atoms with van der Waals surface area (Å²) in [6.07, 6.45) is 12.4. The number of nitrogens with zero attached hydrogens (tertiary/aromatic N) is 9. The Morgan fingerprint density at radius 1 is 0.420 bits per heavy atom. The minimum atomic E-state index is -1.10. The van der Waals surface area contributed by atoms with Crippen molar-refractivity contribution in [3.05, 3.63) is 275 Å². The first-order valence-corrected chi connectivity index (χ1v) is 50.2. The zero-order valence-corrected chi connectivity index (χ0v) is 85.2. The molecule has 0 saturated heterocycles. The van der Waals surface area contributed by atoms with Gasteiger partial charge < -0.3 is 72.2 Å². The zero-order chi connectivity index (χ0) is 101. The molecule has 30 nitrogen and oxygen atoms in total. The number of rotatable bonds is 27. The summed E-state index contributed by atoms with van der Waals surface area (Å²) >= 11 is 39.2. The van der Waals surface area contributed by atoms with Crippen molar-refractivity contribution in [2.75, 3.05) is 86.1 Å². The molecule has 0 bridgehead atoms. The molecule has 0 unspecified atom stereocenters. The normalized spacial score (nSPS) is 13.3. The van der Waals surface area contributed by atoms with E-state index in [2.05, 4.69) is 145 Å². The van der Waals surface area contributed by atoms with Crippen LogP contribution in [0.15, 0.2) is 226 Å². The van der Waals surface area contributed by atoms with Gasteiger partial charge in [0.25, 0.3) is 0 Å². The smallest absolute Gasteiger partial charge is 0.335 e. The van der Waals surface area contributed by atoms with Gasteiger partial charge in [-0.2, -0.15) is 4.99 Å². The van der Waals surface area contributed by atoms with Crippen molar-refractivity contribution in [2.45, 2.75) is 104 Å². The van der Waals surface area contributed by atoms with Crippen LogP contribution in [0, 0.1) is 4.77 Å². The number of amides is 3. The summed E-state index contributed by atoms with van der Waals surface area (Å²) in [5.74, 6) is 3.37. The maximum atomic E-state index is 12.6. The number of aromatic amines is 1. The molecule has 0 spiro atoms. The molecule has 5 fully saturated rings. The topological polar surface area (TPSA) is 431 Å². The van der Waals surface area contributed by atoms with Crippen molar-refractivity contribution < 1.29 is 67.8 Å². The van der Waals surface area contributed by atoms with E-state index >= 15 is 0 Å². The number of carboxylic acids is 3. The van der Waals surface area contributed by atoms with E-state index in [4.69, 9.17) is 127 Å². The molecule has 3 amide bonds. The molecule has 13 N–H and O–H groups in total. The number of thiocarbonyl (C=S) groups is 1. The van der Waals surface area contributed by atoms with E-state index in [-0.39, 0.29) is 66.9 Å². The molecule has 3 aromatic heterocycles. The number of fused-ring (bicyclic) bond motifs is 5. The van der Waals surface area contributed by atoms with Crippen molar-refractivity contribution in [3.63, 3.8) is 0 Å². The molecule has 732 valence electrons. The molecule has 21 rings (SSSR count). The number of methoxy groups -OCH3 is 5. The predicted molar refractivity (Wildman–Crippen MR) is 573 cm³/mol. The molecule has 3 heterocycles. The van der Waals surface area contributed by atoms with Crippen LogP contribution in [0.25, 0.3) is 70.9 Å². The van der Waals surface area contributed by atoms with E-state index in [1.54, 1.807) is 44.7 Å². The van der Waals surface area contributed by atoms with Gasteiger partial charge in [-0.25, -0.2) is 19.5 Å². The molecule has 5 aliphatic rings. The van der Waals surface area contributed by atoms with Crippen molar-refractivity contribution in [3.8, 4) is 45.8 Å². The van der Waals surface area contributed by atoms with Gasteiger partial charge in [0.05, 0.1) is 124 Å². The Hall–Kier alpha value is -13.8. The molecule has 16 aromatic rings. The minimum absolute atomic E-state index is 0.0105. The number of nitrogen functional groups attached to an aromatic ring is 3. The number of carboxylic acid groups (broad SMARTS) is 3. The molecule has 13 aromatic carbocycles. The van der Waals surface area contributed by atoms with E-state index in [1.165, 1.54) is 186 Å². The van der Waals surface area contributed by atoms with E-state index < -0.39 is 23.8 Å². The van der Waals surface area contributed by atoms with Crippen LogP contribution >= 0.6 is 110 Å². The highest BCUT2D eigenvalue weighted by molar-refractivity contribution is 9.10. The number of ether oxygens (including phenoxy) is 5. The summed E-state index contributed by atoms with van der Waals surface area (Å²) in [4.78, 5) is 73.1. The number of carbonyl (C=O) groups is 6. The number of isothiocyanates is 1. The van der Waals surface area contributed by atoms with Gasteiger partial charge in [-0.15, -0.1) is 37.1 Å².